The average Bonchev–Trinajstić information content (AvgIpc) is 3.03. The van der Waals surface area contributed by atoms with Gasteiger partial charge in [-0.2, -0.15) is 5.10 Å². The maximum atomic E-state index is 12.2. The summed E-state index contributed by atoms with van der Waals surface area (Å²) in [5.41, 5.74) is 3.82. The molecule has 0 N–H and O–H groups in total. The Kier molecular flexibility index (Phi) is 6.75. The first-order valence-corrected chi connectivity index (χ1v) is 10.9. The zero-order valence-electron chi connectivity index (χ0n) is 16.9. The van der Waals surface area contributed by atoms with Crippen LogP contribution in [0.3, 0.4) is 0 Å². The number of halogens is 1. The van der Waals surface area contributed by atoms with Gasteiger partial charge in [0.25, 0.3) is 0 Å². The maximum Gasteiger partial charge on any atom is 0.309 e. The number of hydrogen-bond donors (Lipinski definition) is 0. The quantitative estimate of drug-likeness (QED) is 0.476. The van der Waals surface area contributed by atoms with E-state index >= 15 is 0 Å². The molecule has 0 bridgehead atoms. The van der Waals surface area contributed by atoms with E-state index in [1.165, 1.54) is 0 Å². The van der Waals surface area contributed by atoms with Crippen molar-refractivity contribution < 1.29 is 14.3 Å². The maximum absolute atomic E-state index is 12.2. The molecule has 0 saturated heterocycles. The molecule has 0 aliphatic heterocycles. The summed E-state index contributed by atoms with van der Waals surface area (Å²) in [4.78, 5) is 17.0. The van der Waals surface area contributed by atoms with Crippen LogP contribution in [0.5, 0.6) is 5.75 Å². The van der Waals surface area contributed by atoms with Crippen molar-refractivity contribution in [1.82, 2.24) is 14.8 Å². The first-order valence-electron chi connectivity index (χ1n) is 9.81. The molecule has 152 valence electrons. The summed E-state index contributed by atoms with van der Waals surface area (Å²) < 4.78 is 13.5. The lowest BCUT2D eigenvalue weighted by Crippen LogP contribution is -2.31. The van der Waals surface area contributed by atoms with Gasteiger partial charge in [0.2, 0.25) is 0 Å². The van der Waals surface area contributed by atoms with Crippen molar-refractivity contribution in [3.05, 3.63) is 29.7 Å². The van der Waals surface area contributed by atoms with Gasteiger partial charge in [0.15, 0.2) is 0 Å². The molecular weight excluding hydrogens is 422 g/mol. The van der Waals surface area contributed by atoms with E-state index in [0.717, 1.165) is 47.7 Å². The number of carbonyl (C=O) groups excluding carboxylic acids is 1. The smallest absolute Gasteiger partial charge is 0.309 e. The first-order chi connectivity index (χ1) is 13.4. The van der Waals surface area contributed by atoms with Gasteiger partial charge in [-0.05, 0) is 58.6 Å². The molecule has 0 radical (unpaired) electrons. The Morgan fingerprint density at radius 2 is 2.14 bits per heavy atom. The summed E-state index contributed by atoms with van der Waals surface area (Å²) in [6.07, 6.45) is 5.26. The van der Waals surface area contributed by atoms with Crippen LogP contribution < -0.4 is 4.74 Å². The Morgan fingerprint density at radius 1 is 1.36 bits per heavy atom. The van der Waals surface area contributed by atoms with Crippen LogP contribution in [0.25, 0.3) is 11.3 Å². The van der Waals surface area contributed by atoms with E-state index in [0.29, 0.717) is 11.8 Å². The van der Waals surface area contributed by atoms with E-state index in [1.807, 2.05) is 50.8 Å². The normalized spacial score (nSPS) is 19.6. The predicted molar refractivity (Wildman–Crippen MR) is 111 cm³/mol. The molecule has 0 aromatic carbocycles. The number of rotatable bonds is 6. The summed E-state index contributed by atoms with van der Waals surface area (Å²) in [5.74, 6) is 0.592. The van der Waals surface area contributed by atoms with Crippen LogP contribution in [0.1, 0.15) is 50.9 Å². The highest BCUT2D eigenvalue weighted by molar-refractivity contribution is 9.08. The zero-order valence-corrected chi connectivity index (χ0v) is 18.5. The fourth-order valence-electron chi connectivity index (χ4n) is 3.63. The fraction of sp³-hybridized carbons (Fsp3) is 0.571. The molecule has 2 atom stereocenters. The summed E-state index contributed by atoms with van der Waals surface area (Å²) in [7, 11) is 1.92. The van der Waals surface area contributed by atoms with Gasteiger partial charge in [-0.15, -0.1) is 0 Å². The minimum atomic E-state index is -0.104. The third-order valence-corrected chi connectivity index (χ3v) is 5.64. The summed E-state index contributed by atoms with van der Waals surface area (Å²) >= 11 is 3.52. The number of aryl methyl sites for hydroxylation is 2. The highest BCUT2D eigenvalue weighted by atomic mass is 79.9. The molecule has 2 heterocycles. The lowest BCUT2D eigenvalue weighted by molar-refractivity contribution is -0.154. The standard InChI is InChI=1S/C21H28BrN3O3/c1-13(2)27-21(26)15-6-5-7-16(10-15)28-20-9-8-18(24-14(20)3)17-12-23-25(4)19(17)11-22/h8-9,12-13,15-16H,5-7,10-11H2,1-4H3/t15-,16-/m0/s1. The number of ether oxygens (including phenoxy) is 2. The zero-order chi connectivity index (χ0) is 20.3. The van der Waals surface area contributed by atoms with Crippen LogP contribution in [-0.2, 0) is 21.9 Å². The summed E-state index contributed by atoms with van der Waals surface area (Å²) in [5, 5.41) is 5.04. The van der Waals surface area contributed by atoms with Crippen molar-refractivity contribution in [1.29, 1.82) is 0 Å². The van der Waals surface area contributed by atoms with Crippen molar-refractivity contribution >= 4 is 21.9 Å². The van der Waals surface area contributed by atoms with E-state index < -0.39 is 0 Å². The summed E-state index contributed by atoms with van der Waals surface area (Å²) in [6, 6.07) is 3.94. The molecule has 28 heavy (non-hydrogen) atoms. The Morgan fingerprint density at radius 3 is 2.82 bits per heavy atom. The highest BCUT2D eigenvalue weighted by Gasteiger charge is 2.30. The molecule has 1 aliphatic rings. The Balaban J connectivity index is 1.70. The van der Waals surface area contributed by atoms with Gasteiger partial charge in [-0.1, -0.05) is 15.9 Å². The molecule has 2 aromatic rings. The van der Waals surface area contributed by atoms with Crippen LogP contribution in [0.15, 0.2) is 18.3 Å². The number of esters is 1. The minimum Gasteiger partial charge on any atom is -0.489 e. The molecule has 0 amide bonds. The van der Waals surface area contributed by atoms with Gasteiger partial charge in [-0.25, -0.2) is 4.98 Å². The molecule has 6 nitrogen and oxygen atoms in total. The van der Waals surface area contributed by atoms with Crippen molar-refractivity contribution in [2.45, 2.75) is 64.0 Å². The molecule has 1 aliphatic carbocycles. The van der Waals surface area contributed by atoms with Crippen LogP contribution in [0, 0.1) is 12.8 Å². The lowest BCUT2D eigenvalue weighted by atomic mass is 9.87. The number of aromatic nitrogens is 3. The van der Waals surface area contributed by atoms with Crippen LogP contribution in [0.4, 0.5) is 0 Å². The molecule has 3 rings (SSSR count). The van der Waals surface area contributed by atoms with E-state index in [-0.39, 0.29) is 24.1 Å². The Labute approximate surface area is 174 Å². The number of pyridine rings is 1. The van der Waals surface area contributed by atoms with Gasteiger partial charge in [0.1, 0.15) is 5.75 Å². The molecule has 1 saturated carbocycles. The topological polar surface area (TPSA) is 66.2 Å². The number of nitrogens with zero attached hydrogens (tertiary/aromatic N) is 3. The van der Waals surface area contributed by atoms with Gasteiger partial charge < -0.3 is 9.47 Å². The molecule has 2 aromatic heterocycles. The van der Waals surface area contributed by atoms with Crippen molar-refractivity contribution in [2.75, 3.05) is 0 Å². The number of carbonyl (C=O) groups is 1. The van der Waals surface area contributed by atoms with Gasteiger partial charge >= 0.3 is 5.97 Å². The second-order valence-electron chi connectivity index (χ2n) is 7.63. The van der Waals surface area contributed by atoms with Crippen LogP contribution >= 0.6 is 15.9 Å². The largest absolute Gasteiger partial charge is 0.489 e. The monoisotopic (exact) mass is 449 g/mol. The third kappa shape index (κ3) is 4.74. The fourth-order valence-corrected chi connectivity index (χ4v) is 4.30. The van der Waals surface area contributed by atoms with E-state index in [9.17, 15) is 4.79 Å². The second kappa shape index (κ2) is 9.07. The van der Waals surface area contributed by atoms with Crippen molar-refractivity contribution in [3.8, 4) is 17.0 Å². The number of hydrogen-bond acceptors (Lipinski definition) is 5. The van der Waals surface area contributed by atoms with Gasteiger partial charge in [0.05, 0.1) is 41.4 Å². The third-order valence-electron chi connectivity index (χ3n) is 5.11. The molecule has 0 unspecified atom stereocenters. The molecule has 0 spiro atoms. The van der Waals surface area contributed by atoms with E-state index in [4.69, 9.17) is 14.5 Å². The minimum absolute atomic E-state index is 0.0151. The summed E-state index contributed by atoms with van der Waals surface area (Å²) in [6.45, 7) is 5.72. The number of alkyl halides is 1. The average molecular weight is 450 g/mol. The van der Waals surface area contributed by atoms with Gasteiger partial charge in [0, 0.05) is 17.9 Å². The van der Waals surface area contributed by atoms with Crippen molar-refractivity contribution in [3.63, 3.8) is 0 Å². The van der Waals surface area contributed by atoms with E-state index in [2.05, 4.69) is 21.0 Å². The van der Waals surface area contributed by atoms with Crippen LogP contribution in [-0.4, -0.2) is 32.9 Å². The molecule has 7 heteroatoms. The SMILES string of the molecule is Cc1nc(-c2cnn(C)c2CBr)ccc1O[C@H]1CCC[C@H](C(=O)OC(C)C)C1. The Bertz CT molecular complexity index is 834. The highest BCUT2D eigenvalue weighted by Crippen LogP contribution is 2.31. The van der Waals surface area contributed by atoms with Gasteiger partial charge in [-0.3, -0.25) is 9.48 Å². The first kappa shape index (κ1) is 20.8. The van der Waals surface area contributed by atoms with E-state index in [1.54, 1.807) is 0 Å². The van der Waals surface area contributed by atoms with Crippen LogP contribution in [0.2, 0.25) is 0 Å². The molecule has 1 fully saturated rings. The van der Waals surface area contributed by atoms with Crippen molar-refractivity contribution in [2.24, 2.45) is 13.0 Å². The second-order valence-corrected chi connectivity index (χ2v) is 8.19. The Hall–Kier alpha value is -1.89. The predicted octanol–water partition coefficient (Wildman–Crippen LogP) is 4.57. The lowest BCUT2D eigenvalue weighted by Gasteiger charge is -2.29. The molecular formula is C21H28BrN3O3.